The summed E-state index contributed by atoms with van der Waals surface area (Å²) in [6.45, 7) is 8.86. The van der Waals surface area contributed by atoms with Crippen molar-refractivity contribution < 1.29 is 9.84 Å². The molecule has 1 fully saturated rings. The fourth-order valence-corrected chi connectivity index (χ4v) is 1.37. The first-order valence-corrected chi connectivity index (χ1v) is 4.20. The zero-order valence-corrected chi connectivity index (χ0v) is 7.85. The summed E-state index contributed by atoms with van der Waals surface area (Å²) in [5.74, 6) is 0. The lowest BCUT2D eigenvalue weighted by molar-refractivity contribution is -0.186. The second-order valence-corrected chi connectivity index (χ2v) is 4.38. The molecular formula is C9H18O2. The van der Waals surface area contributed by atoms with Crippen molar-refractivity contribution in [3.05, 3.63) is 0 Å². The van der Waals surface area contributed by atoms with Crippen molar-refractivity contribution in [1.29, 1.82) is 0 Å². The van der Waals surface area contributed by atoms with Crippen LogP contribution in [0.15, 0.2) is 0 Å². The van der Waals surface area contributed by atoms with E-state index in [1.165, 1.54) is 0 Å². The van der Waals surface area contributed by atoms with Crippen molar-refractivity contribution >= 4 is 0 Å². The molecule has 11 heavy (non-hydrogen) atoms. The molecule has 1 N–H and O–H groups in total. The van der Waals surface area contributed by atoms with E-state index in [1.807, 2.05) is 13.8 Å². The van der Waals surface area contributed by atoms with E-state index in [2.05, 4.69) is 13.8 Å². The SMILES string of the molecule is CC1(C)OCCC(O)C1(C)C. The number of aliphatic hydroxyl groups is 1. The summed E-state index contributed by atoms with van der Waals surface area (Å²) in [6.07, 6.45) is 0.530. The molecule has 0 aliphatic carbocycles. The highest BCUT2D eigenvalue weighted by Gasteiger charge is 2.46. The number of hydrogen-bond acceptors (Lipinski definition) is 2. The molecule has 2 nitrogen and oxygen atoms in total. The van der Waals surface area contributed by atoms with Crippen LogP contribution in [0.3, 0.4) is 0 Å². The maximum Gasteiger partial charge on any atom is 0.0701 e. The van der Waals surface area contributed by atoms with Crippen LogP contribution in [0.1, 0.15) is 34.1 Å². The lowest BCUT2D eigenvalue weighted by Gasteiger charge is -2.48. The quantitative estimate of drug-likeness (QED) is 0.580. The van der Waals surface area contributed by atoms with Gasteiger partial charge in [-0.3, -0.25) is 0 Å². The number of aliphatic hydroxyl groups excluding tert-OH is 1. The summed E-state index contributed by atoms with van der Waals surface area (Å²) in [6, 6.07) is 0. The van der Waals surface area contributed by atoms with Crippen LogP contribution in [0.2, 0.25) is 0 Å². The van der Waals surface area contributed by atoms with Crippen LogP contribution in [-0.4, -0.2) is 23.4 Å². The molecule has 2 heteroatoms. The third-order valence-electron chi connectivity index (χ3n) is 3.24. The molecule has 0 bridgehead atoms. The summed E-state index contributed by atoms with van der Waals surface area (Å²) >= 11 is 0. The van der Waals surface area contributed by atoms with Gasteiger partial charge >= 0.3 is 0 Å². The molecule has 1 saturated heterocycles. The Morgan fingerprint density at radius 3 is 2.18 bits per heavy atom. The maximum absolute atomic E-state index is 9.69. The number of rotatable bonds is 0. The van der Waals surface area contributed by atoms with Gasteiger partial charge in [-0.05, 0) is 20.3 Å². The second kappa shape index (κ2) is 2.46. The molecule has 1 unspecified atom stereocenters. The topological polar surface area (TPSA) is 29.5 Å². The normalized spacial score (nSPS) is 35.2. The Bertz CT molecular complexity index is 150. The average Bonchev–Trinajstić information content (AvgIpc) is 1.84. The van der Waals surface area contributed by atoms with Gasteiger partial charge in [-0.25, -0.2) is 0 Å². The molecule has 1 heterocycles. The first-order chi connectivity index (χ1) is 4.88. The van der Waals surface area contributed by atoms with Crippen molar-refractivity contribution in [2.45, 2.75) is 45.8 Å². The lowest BCUT2D eigenvalue weighted by atomic mass is 9.70. The molecular weight excluding hydrogens is 140 g/mol. The van der Waals surface area contributed by atoms with Gasteiger partial charge < -0.3 is 9.84 Å². The van der Waals surface area contributed by atoms with Gasteiger partial charge in [0.05, 0.1) is 11.7 Å². The first-order valence-electron chi connectivity index (χ1n) is 4.20. The monoisotopic (exact) mass is 158 g/mol. The van der Waals surface area contributed by atoms with Crippen molar-refractivity contribution in [1.82, 2.24) is 0 Å². The van der Waals surface area contributed by atoms with Crippen LogP contribution < -0.4 is 0 Å². The highest BCUT2D eigenvalue weighted by Crippen LogP contribution is 2.41. The molecule has 1 rings (SSSR count). The van der Waals surface area contributed by atoms with Crippen LogP contribution in [0.4, 0.5) is 0 Å². The van der Waals surface area contributed by atoms with E-state index in [1.54, 1.807) is 0 Å². The van der Waals surface area contributed by atoms with Crippen LogP contribution >= 0.6 is 0 Å². The van der Waals surface area contributed by atoms with E-state index in [0.29, 0.717) is 6.61 Å². The molecule has 66 valence electrons. The smallest absolute Gasteiger partial charge is 0.0701 e. The third kappa shape index (κ3) is 1.30. The molecule has 0 radical (unpaired) electrons. The standard InChI is InChI=1S/C9H18O2/c1-8(2)7(10)5-6-11-9(8,3)4/h7,10H,5-6H2,1-4H3. The van der Waals surface area contributed by atoms with Crippen molar-refractivity contribution in [3.63, 3.8) is 0 Å². The first kappa shape index (κ1) is 9.01. The van der Waals surface area contributed by atoms with Gasteiger partial charge in [0, 0.05) is 12.0 Å². The second-order valence-electron chi connectivity index (χ2n) is 4.38. The van der Waals surface area contributed by atoms with Crippen molar-refractivity contribution in [2.24, 2.45) is 5.41 Å². The van der Waals surface area contributed by atoms with E-state index in [9.17, 15) is 5.11 Å². The zero-order chi connectivity index (χ0) is 8.70. The van der Waals surface area contributed by atoms with Gasteiger partial charge in [0.2, 0.25) is 0 Å². The van der Waals surface area contributed by atoms with Crippen LogP contribution in [-0.2, 0) is 4.74 Å². The molecule has 0 aromatic carbocycles. The molecule has 0 aromatic heterocycles. The van der Waals surface area contributed by atoms with Crippen molar-refractivity contribution in [2.75, 3.05) is 6.61 Å². The van der Waals surface area contributed by atoms with E-state index < -0.39 is 0 Å². The number of hydrogen-bond donors (Lipinski definition) is 1. The Labute approximate surface area is 68.6 Å². The van der Waals surface area contributed by atoms with Gasteiger partial charge in [-0.15, -0.1) is 0 Å². The average molecular weight is 158 g/mol. The summed E-state index contributed by atoms with van der Waals surface area (Å²) in [4.78, 5) is 0. The van der Waals surface area contributed by atoms with Crippen LogP contribution in [0.25, 0.3) is 0 Å². The van der Waals surface area contributed by atoms with Crippen molar-refractivity contribution in [3.8, 4) is 0 Å². The van der Waals surface area contributed by atoms with Gasteiger partial charge in [-0.1, -0.05) is 13.8 Å². The van der Waals surface area contributed by atoms with Gasteiger partial charge in [0.25, 0.3) is 0 Å². The van der Waals surface area contributed by atoms with E-state index in [0.717, 1.165) is 6.42 Å². The highest BCUT2D eigenvalue weighted by atomic mass is 16.5. The molecule has 1 aliphatic rings. The Morgan fingerprint density at radius 1 is 1.27 bits per heavy atom. The van der Waals surface area contributed by atoms with Crippen LogP contribution in [0, 0.1) is 5.41 Å². The maximum atomic E-state index is 9.69. The van der Waals surface area contributed by atoms with Gasteiger partial charge in [-0.2, -0.15) is 0 Å². The molecule has 0 amide bonds. The molecule has 0 aromatic rings. The van der Waals surface area contributed by atoms with E-state index in [-0.39, 0.29) is 17.1 Å². The van der Waals surface area contributed by atoms with Crippen LogP contribution in [0.5, 0.6) is 0 Å². The summed E-state index contributed by atoms with van der Waals surface area (Å²) in [5.41, 5.74) is -0.337. The van der Waals surface area contributed by atoms with E-state index in [4.69, 9.17) is 4.74 Å². The fraction of sp³-hybridized carbons (Fsp3) is 1.00. The Balaban J connectivity index is 2.82. The fourth-order valence-electron chi connectivity index (χ4n) is 1.37. The zero-order valence-electron chi connectivity index (χ0n) is 7.85. The number of ether oxygens (including phenoxy) is 1. The minimum absolute atomic E-state index is 0.134. The predicted octanol–water partition coefficient (Wildman–Crippen LogP) is 1.57. The molecule has 1 aliphatic heterocycles. The van der Waals surface area contributed by atoms with E-state index >= 15 is 0 Å². The largest absolute Gasteiger partial charge is 0.392 e. The lowest BCUT2D eigenvalue weighted by Crippen LogP contribution is -2.53. The summed E-state index contributed by atoms with van der Waals surface area (Å²) < 4.78 is 5.59. The van der Waals surface area contributed by atoms with Gasteiger partial charge in [0.1, 0.15) is 0 Å². The predicted molar refractivity (Wildman–Crippen MR) is 44.4 cm³/mol. The Kier molecular flexibility index (Phi) is 2.01. The third-order valence-corrected chi connectivity index (χ3v) is 3.24. The molecule has 0 saturated carbocycles. The molecule has 1 atom stereocenters. The van der Waals surface area contributed by atoms with Gasteiger partial charge in [0.15, 0.2) is 0 Å². The minimum Gasteiger partial charge on any atom is -0.392 e. The Hall–Kier alpha value is -0.0800. The minimum atomic E-state index is -0.230. The summed E-state index contributed by atoms with van der Waals surface area (Å²) in [5, 5.41) is 9.69. The Morgan fingerprint density at radius 2 is 1.82 bits per heavy atom. The molecule has 0 spiro atoms. The summed E-state index contributed by atoms with van der Waals surface area (Å²) in [7, 11) is 0. The highest BCUT2D eigenvalue weighted by molar-refractivity contribution is 4.95.